The molecular formula is C10H20AuNO2P+. The third-order valence-electron chi connectivity index (χ3n) is 2.20. The van der Waals surface area contributed by atoms with Gasteiger partial charge in [0.1, 0.15) is 0 Å². The first-order valence-electron chi connectivity index (χ1n) is 5.19. The van der Waals surface area contributed by atoms with E-state index in [-0.39, 0.29) is 34.2 Å². The summed E-state index contributed by atoms with van der Waals surface area (Å²) in [6.07, 6.45) is 5.00. The molecule has 2 amide bonds. The Morgan fingerprint density at radius 2 is 1.33 bits per heavy atom. The number of hydrogen-bond acceptors (Lipinski definition) is 2. The van der Waals surface area contributed by atoms with Crippen LogP contribution in [0.25, 0.3) is 0 Å². The van der Waals surface area contributed by atoms with Crippen LogP contribution in [0.3, 0.4) is 0 Å². The van der Waals surface area contributed by atoms with Crippen molar-refractivity contribution in [3.63, 3.8) is 0 Å². The van der Waals surface area contributed by atoms with Crippen molar-refractivity contribution in [1.82, 2.24) is 5.32 Å². The normalized spacial score (nSPS) is 14.1. The van der Waals surface area contributed by atoms with Crippen LogP contribution in [0.2, 0.25) is 0 Å². The van der Waals surface area contributed by atoms with Crippen LogP contribution in [0.4, 0.5) is 0 Å². The molecule has 1 fully saturated rings. The Morgan fingerprint density at radius 3 is 1.40 bits per heavy atom. The Hall–Kier alpha value is 0.310. The first kappa shape index (κ1) is 17.7. The Bertz CT molecular complexity index is 176. The summed E-state index contributed by atoms with van der Waals surface area (Å²) in [5, 5.41) is 2.14. The van der Waals surface area contributed by atoms with Gasteiger partial charge in [-0.05, 0) is 18.5 Å². The van der Waals surface area contributed by atoms with Crippen molar-refractivity contribution < 1.29 is 32.0 Å². The Labute approximate surface area is 109 Å². The van der Waals surface area contributed by atoms with Crippen LogP contribution < -0.4 is 5.32 Å². The van der Waals surface area contributed by atoms with E-state index in [0.29, 0.717) is 20.8 Å². The average Bonchev–Trinajstić information content (AvgIpc) is 2.54. The summed E-state index contributed by atoms with van der Waals surface area (Å²) in [5.41, 5.74) is 0. The molecule has 0 bridgehead atoms. The van der Waals surface area contributed by atoms with Gasteiger partial charge in [0, 0.05) is 12.8 Å². The SMILES string of the molecule is CCP(CC)CC.O=C1CCC(=O)N1.[Au+]. The molecule has 0 unspecified atom stereocenters. The Balaban J connectivity index is 0. The molecule has 1 aliphatic heterocycles. The molecule has 1 heterocycles. The molecule has 1 saturated heterocycles. The van der Waals surface area contributed by atoms with E-state index in [1.165, 1.54) is 18.5 Å². The zero-order chi connectivity index (χ0) is 11.0. The van der Waals surface area contributed by atoms with Crippen LogP contribution in [-0.2, 0) is 32.0 Å². The quantitative estimate of drug-likeness (QED) is 0.436. The van der Waals surface area contributed by atoms with E-state index in [4.69, 9.17) is 0 Å². The minimum absolute atomic E-state index is 0. The van der Waals surface area contributed by atoms with Crippen molar-refractivity contribution in [1.29, 1.82) is 0 Å². The zero-order valence-corrected chi connectivity index (χ0v) is 12.7. The van der Waals surface area contributed by atoms with Crippen LogP contribution in [0.1, 0.15) is 33.6 Å². The average molecular weight is 414 g/mol. The summed E-state index contributed by atoms with van der Waals surface area (Å²) in [7, 11) is 0.446. The van der Waals surface area contributed by atoms with Gasteiger partial charge in [-0.2, -0.15) is 0 Å². The fourth-order valence-electron chi connectivity index (χ4n) is 1.18. The van der Waals surface area contributed by atoms with Crippen LogP contribution in [0.5, 0.6) is 0 Å². The molecular weight excluding hydrogens is 394 g/mol. The smallest absolute Gasteiger partial charge is 0.296 e. The molecule has 1 aliphatic rings. The molecule has 0 atom stereocenters. The molecule has 0 aromatic carbocycles. The fraction of sp³-hybridized carbons (Fsp3) is 0.800. The maximum Gasteiger partial charge on any atom is 1.00 e. The molecule has 0 aromatic heterocycles. The van der Waals surface area contributed by atoms with Gasteiger partial charge in [-0.1, -0.05) is 20.8 Å². The maximum absolute atomic E-state index is 10.1. The number of carbonyl (C=O) groups excluding carboxylic acids is 2. The van der Waals surface area contributed by atoms with Gasteiger partial charge in [-0.15, -0.1) is 7.92 Å². The van der Waals surface area contributed by atoms with Gasteiger partial charge >= 0.3 is 22.4 Å². The molecule has 15 heavy (non-hydrogen) atoms. The first-order chi connectivity index (χ1) is 6.63. The van der Waals surface area contributed by atoms with Crippen molar-refractivity contribution in [3.05, 3.63) is 0 Å². The van der Waals surface area contributed by atoms with E-state index in [9.17, 15) is 9.59 Å². The van der Waals surface area contributed by atoms with E-state index in [1.54, 1.807) is 0 Å². The number of hydrogen-bond donors (Lipinski definition) is 1. The van der Waals surface area contributed by atoms with Crippen molar-refractivity contribution >= 4 is 19.7 Å². The van der Waals surface area contributed by atoms with Crippen LogP contribution >= 0.6 is 7.92 Å². The second-order valence-electron chi connectivity index (χ2n) is 3.09. The summed E-state index contributed by atoms with van der Waals surface area (Å²) in [6.45, 7) is 6.87. The predicted molar refractivity (Wildman–Crippen MR) is 60.9 cm³/mol. The van der Waals surface area contributed by atoms with E-state index in [0.717, 1.165) is 0 Å². The van der Waals surface area contributed by atoms with Crippen LogP contribution in [0, 0.1) is 0 Å². The Kier molecular flexibility index (Phi) is 12.8. The summed E-state index contributed by atoms with van der Waals surface area (Å²) in [6, 6.07) is 0. The number of amides is 2. The zero-order valence-electron chi connectivity index (χ0n) is 9.60. The third kappa shape index (κ3) is 9.25. The number of imide groups is 1. The van der Waals surface area contributed by atoms with Gasteiger partial charge in [-0.25, -0.2) is 0 Å². The van der Waals surface area contributed by atoms with E-state index in [1.807, 2.05) is 0 Å². The number of carbonyl (C=O) groups is 2. The fourth-order valence-corrected chi connectivity index (χ4v) is 2.52. The van der Waals surface area contributed by atoms with Crippen LogP contribution in [0.15, 0.2) is 0 Å². The summed E-state index contributed by atoms with van der Waals surface area (Å²) in [5.74, 6) is -0.296. The molecule has 0 aliphatic carbocycles. The standard InChI is InChI=1S/C6H15P.C4H5NO2.Au/c1-4-7(5-2)6-3;6-3-1-2-4(7)5-3;/h4-6H2,1-3H3;1-2H2,(H,5,6,7);/q;;+1. The summed E-state index contributed by atoms with van der Waals surface area (Å²) >= 11 is 0. The predicted octanol–water partition coefficient (Wildman–Crippen LogP) is 1.95. The van der Waals surface area contributed by atoms with Gasteiger partial charge in [0.05, 0.1) is 0 Å². The number of nitrogens with one attached hydrogen (secondary N) is 1. The molecule has 92 valence electrons. The molecule has 0 saturated carbocycles. The van der Waals surface area contributed by atoms with Crippen molar-refractivity contribution in [2.24, 2.45) is 0 Å². The van der Waals surface area contributed by atoms with Crippen molar-refractivity contribution in [3.8, 4) is 0 Å². The van der Waals surface area contributed by atoms with Gasteiger partial charge in [0.25, 0.3) is 0 Å². The first-order valence-corrected chi connectivity index (χ1v) is 7.08. The largest absolute Gasteiger partial charge is 1.00 e. The van der Waals surface area contributed by atoms with Crippen molar-refractivity contribution in [2.45, 2.75) is 33.6 Å². The second-order valence-corrected chi connectivity index (χ2v) is 6.33. The van der Waals surface area contributed by atoms with Gasteiger partial charge in [0.15, 0.2) is 0 Å². The number of rotatable bonds is 3. The minimum atomic E-state index is -0.148. The van der Waals surface area contributed by atoms with E-state index < -0.39 is 0 Å². The monoisotopic (exact) mass is 414 g/mol. The minimum Gasteiger partial charge on any atom is -0.296 e. The molecule has 1 rings (SSSR count). The molecule has 0 spiro atoms. The van der Waals surface area contributed by atoms with E-state index in [2.05, 4.69) is 26.1 Å². The van der Waals surface area contributed by atoms with Gasteiger partial charge in [0.2, 0.25) is 11.8 Å². The van der Waals surface area contributed by atoms with Gasteiger partial charge in [-0.3, -0.25) is 14.9 Å². The molecule has 1 N–H and O–H groups in total. The second kappa shape index (κ2) is 10.8. The summed E-state index contributed by atoms with van der Waals surface area (Å²) < 4.78 is 0. The topological polar surface area (TPSA) is 46.2 Å². The molecule has 0 aromatic rings. The van der Waals surface area contributed by atoms with E-state index >= 15 is 0 Å². The molecule has 5 heteroatoms. The summed E-state index contributed by atoms with van der Waals surface area (Å²) in [4.78, 5) is 20.2. The van der Waals surface area contributed by atoms with Crippen LogP contribution in [-0.4, -0.2) is 30.3 Å². The van der Waals surface area contributed by atoms with Crippen molar-refractivity contribution in [2.75, 3.05) is 18.5 Å². The maximum atomic E-state index is 10.1. The molecule has 0 radical (unpaired) electrons. The molecule has 3 nitrogen and oxygen atoms in total. The Morgan fingerprint density at radius 1 is 1.00 bits per heavy atom. The third-order valence-corrected chi connectivity index (χ3v) is 4.88. The van der Waals surface area contributed by atoms with Gasteiger partial charge < -0.3 is 0 Å².